The number of amides is 1. The number of hydrogen-bond acceptors (Lipinski definition) is 3. The Kier molecular flexibility index (Phi) is 4.71. The second-order valence-electron chi connectivity index (χ2n) is 5.37. The molecule has 126 valence electrons. The number of hydrogen-bond donors (Lipinski definition) is 1. The number of anilines is 2. The van der Waals surface area contributed by atoms with Gasteiger partial charge in [0.2, 0.25) is 10.0 Å². The number of benzene rings is 2. The lowest BCUT2D eigenvalue weighted by atomic mass is 10.2. The summed E-state index contributed by atoms with van der Waals surface area (Å²) < 4.78 is 25.2. The Hall–Kier alpha value is -1.76. The first-order chi connectivity index (χ1) is 11.4. The quantitative estimate of drug-likeness (QED) is 0.875. The van der Waals surface area contributed by atoms with Gasteiger partial charge in [-0.2, -0.15) is 0 Å². The van der Waals surface area contributed by atoms with Gasteiger partial charge in [-0.15, -0.1) is 0 Å². The summed E-state index contributed by atoms with van der Waals surface area (Å²) >= 11 is 11.8. The van der Waals surface area contributed by atoms with E-state index in [0.717, 1.165) is 0 Å². The van der Waals surface area contributed by atoms with Crippen LogP contribution in [0, 0.1) is 0 Å². The molecule has 0 bridgehead atoms. The fourth-order valence-electron chi connectivity index (χ4n) is 2.49. The molecule has 1 aliphatic heterocycles. The van der Waals surface area contributed by atoms with Crippen molar-refractivity contribution in [1.29, 1.82) is 0 Å². The smallest absolute Gasteiger partial charge is 0.255 e. The summed E-state index contributed by atoms with van der Waals surface area (Å²) in [6.07, 6.45) is 0.613. The first-order valence-corrected chi connectivity index (χ1v) is 9.60. The van der Waals surface area contributed by atoms with Gasteiger partial charge in [-0.25, -0.2) is 8.42 Å². The number of carbonyl (C=O) groups excluding carboxylic acids is 1. The molecule has 0 aliphatic carbocycles. The number of nitrogens with zero attached hydrogens (tertiary/aromatic N) is 1. The van der Waals surface area contributed by atoms with Gasteiger partial charge in [0, 0.05) is 17.8 Å². The molecule has 1 N–H and O–H groups in total. The van der Waals surface area contributed by atoms with Gasteiger partial charge in [0.15, 0.2) is 0 Å². The van der Waals surface area contributed by atoms with Crippen LogP contribution in [0.2, 0.25) is 10.0 Å². The van der Waals surface area contributed by atoms with Crippen LogP contribution < -0.4 is 9.62 Å². The molecule has 0 spiro atoms. The first-order valence-electron chi connectivity index (χ1n) is 7.24. The molecule has 2 aromatic carbocycles. The van der Waals surface area contributed by atoms with Crippen molar-refractivity contribution in [2.24, 2.45) is 0 Å². The monoisotopic (exact) mass is 384 g/mol. The van der Waals surface area contributed by atoms with E-state index in [1.54, 1.807) is 42.5 Å². The van der Waals surface area contributed by atoms with E-state index in [2.05, 4.69) is 5.32 Å². The number of carbonyl (C=O) groups is 1. The van der Waals surface area contributed by atoms with E-state index < -0.39 is 10.0 Å². The van der Waals surface area contributed by atoms with Gasteiger partial charge in [-0.3, -0.25) is 9.10 Å². The number of rotatable bonds is 3. The minimum absolute atomic E-state index is 0.159. The van der Waals surface area contributed by atoms with Gasteiger partial charge >= 0.3 is 0 Å². The minimum Gasteiger partial charge on any atom is -0.322 e. The third-order valence-electron chi connectivity index (χ3n) is 3.69. The van der Waals surface area contributed by atoms with Gasteiger partial charge in [0.05, 0.1) is 21.5 Å². The maximum atomic E-state index is 12.3. The molecule has 0 radical (unpaired) electrons. The van der Waals surface area contributed by atoms with Gasteiger partial charge in [-0.05, 0) is 48.9 Å². The molecular weight excluding hydrogens is 371 g/mol. The highest BCUT2D eigenvalue weighted by Gasteiger charge is 2.28. The molecule has 3 rings (SSSR count). The van der Waals surface area contributed by atoms with E-state index >= 15 is 0 Å². The van der Waals surface area contributed by atoms with Gasteiger partial charge < -0.3 is 5.32 Å². The number of halogens is 2. The third kappa shape index (κ3) is 3.50. The van der Waals surface area contributed by atoms with Gasteiger partial charge in [0.25, 0.3) is 5.91 Å². The Morgan fingerprint density at radius 1 is 1.04 bits per heavy atom. The maximum absolute atomic E-state index is 12.3. The van der Waals surface area contributed by atoms with Gasteiger partial charge in [-0.1, -0.05) is 23.2 Å². The van der Waals surface area contributed by atoms with E-state index in [9.17, 15) is 13.2 Å². The molecule has 2 aromatic rings. The minimum atomic E-state index is -3.23. The van der Waals surface area contributed by atoms with Crippen LogP contribution in [-0.2, 0) is 10.0 Å². The van der Waals surface area contributed by atoms with Crippen LogP contribution in [0.3, 0.4) is 0 Å². The predicted octanol–water partition coefficient (Wildman–Crippen LogP) is 3.79. The summed E-state index contributed by atoms with van der Waals surface area (Å²) in [6.45, 7) is 0.469. The largest absolute Gasteiger partial charge is 0.322 e. The fourth-order valence-corrected chi connectivity index (χ4v) is 4.35. The van der Waals surface area contributed by atoms with Crippen LogP contribution in [0.4, 0.5) is 11.4 Å². The molecule has 1 amide bonds. The van der Waals surface area contributed by atoms with E-state index in [1.165, 1.54) is 4.31 Å². The second-order valence-corrected chi connectivity index (χ2v) is 8.20. The fraction of sp³-hybridized carbons (Fsp3) is 0.188. The van der Waals surface area contributed by atoms with Crippen LogP contribution in [0.1, 0.15) is 16.8 Å². The Balaban J connectivity index is 1.75. The summed E-state index contributed by atoms with van der Waals surface area (Å²) in [5.41, 5.74) is 1.51. The first kappa shape index (κ1) is 17.1. The molecular formula is C16H14Cl2N2O3S. The zero-order valence-corrected chi connectivity index (χ0v) is 14.8. The Bertz CT molecular complexity index is 883. The molecule has 24 heavy (non-hydrogen) atoms. The lowest BCUT2D eigenvalue weighted by Gasteiger charge is -2.17. The summed E-state index contributed by atoms with van der Waals surface area (Å²) in [7, 11) is -3.23. The van der Waals surface area contributed by atoms with Crippen LogP contribution in [-0.4, -0.2) is 26.6 Å². The highest BCUT2D eigenvalue weighted by Crippen LogP contribution is 2.26. The molecule has 5 nitrogen and oxygen atoms in total. The average Bonchev–Trinajstić information content (AvgIpc) is 2.90. The van der Waals surface area contributed by atoms with Crippen LogP contribution in [0.25, 0.3) is 0 Å². The molecule has 0 saturated carbocycles. The second kappa shape index (κ2) is 6.63. The van der Waals surface area contributed by atoms with Crippen molar-refractivity contribution in [2.45, 2.75) is 6.42 Å². The molecule has 0 atom stereocenters. The average molecular weight is 385 g/mol. The van der Waals surface area contributed by atoms with E-state index in [4.69, 9.17) is 23.2 Å². The molecule has 0 unspecified atom stereocenters. The Labute approximate surface area is 150 Å². The van der Waals surface area contributed by atoms with Crippen molar-refractivity contribution in [1.82, 2.24) is 0 Å². The van der Waals surface area contributed by atoms with Crippen molar-refractivity contribution in [3.63, 3.8) is 0 Å². The van der Waals surface area contributed by atoms with E-state index in [1.807, 2.05) is 0 Å². The summed E-state index contributed by atoms with van der Waals surface area (Å²) in [4.78, 5) is 12.3. The molecule has 1 aliphatic rings. The van der Waals surface area contributed by atoms with Crippen LogP contribution >= 0.6 is 23.2 Å². The lowest BCUT2D eigenvalue weighted by molar-refractivity contribution is 0.102. The third-order valence-corrected chi connectivity index (χ3v) is 6.30. The standard InChI is InChI=1S/C16H14Cl2N2O3S/c17-14-7-4-12(10-15(14)18)19-16(21)11-2-5-13(6-3-11)20-8-1-9-24(20,22)23/h2-7,10H,1,8-9H2,(H,19,21). The van der Waals surface area contributed by atoms with Crippen molar-refractivity contribution in [3.05, 3.63) is 58.1 Å². The number of nitrogens with one attached hydrogen (secondary N) is 1. The zero-order chi connectivity index (χ0) is 17.3. The Morgan fingerprint density at radius 3 is 2.33 bits per heavy atom. The summed E-state index contributed by atoms with van der Waals surface area (Å²) in [5.74, 6) is -0.156. The van der Waals surface area contributed by atoms with Crippen LogP contribution in [0.5, 0.6) is 0 Å². The normalized spacial score (nSPS) is 16.2. The van der Waals surface area contributed by atoms with Crippen molar-refractivity contribution in [3.8, 4) is 0 Å². The molecule has 0 aromatic heterocycles. The SMILES string of the molecule is O=C(Nc1ccc(Cl)c(Cl)c1)c1ccc(N2CCCS2(=O)=O)cc1. The highest BCUT2D eigenvalue weighted by atomic mass is 35.5. The topological polar surface area (TPSA) is 66.5 Å². The van der Waals surface area contributed by atoms with Crippen molar-refractivity contribution in [2.75, 3.05) is 21.9 Å². The lowest BCUT2D eigenvalue weighted by Crippen LogP contribution is -2.25. The summed E-state index contributed by atoms with van der Waals surface area (Å²) in [6, 6.07) is 11.3. The molecule has 1 saturated heterocycles. The van der Waals surface area contributed by atoms with E-state index in [0.29, 0.717) is 39.9 Å². The highest BCUT2D eigenvalue weighted by molar-refractivity contribution is 7.93. The van der Waals surface area contributed by atoms with Crippen molar-refractivity contribution >= 4 is 50.5 Å². The molecule has 8 heteroatoms. The van der Waals surface area contributed by atoms with Crippen LogP contribution in [0.15, 0.2) is 42.5 Å². The summed E-state index contributed by atoms with van der Waals surface area (Å²) in [5, 5.41) is 3.48. The predicted molar refractivity (Wildman–Crippen MR) is 96.6 cm³/mol. The Morgan fingerprint density at radius 2 is 1.75 bits per heavy atom. The maximum Gasteiger partial charge on any atom is 0.255 e. The molecule has 1 fully saturated rings. The van der Waals surface area contributed by atoms with E-state index in [-0.39, 0.29) is 11.7 Å². The number of sulfonamides is 1. The van der Waals surface area contributed by atoms with Gasteiger partial charge in [0.1, 0.15) is 0 Å². The zero-order valence-electron chi connectivity index (χ0n) is 12.5. The molecule has 1 heterocycles. The van der Waals surface area contributed by atoms with Crippen molar-refractivity contribution < 1.29 is 13.2 Å².